The van der Waals surface area contributed by atoms with Crippen LogP contribution in [0, 0.1) is 11.8 Å². The van der Waals surface area contributed by atoms with Crippen LogP contribution in [0.25, 0.3) is 0 Å². The van der Waals surface area contributed by atoms with Gasteiger partial charge in [0.2, 0.25) is 0 Å². The maximum atomic E-state index is 6.23. The van der Waals surface area contributed by atoms with Gasteiger partial charge in [-0.15, -0.1) is 11.6 Å². The van der Waals surface area contributed by atoms with Crippen molar-refractivity contribution in [3.63, 3.8) is 0 Å². The molecule has 1 aromatic rings. The van der Waals surface area contributed by atoms with E-state index in [2.05, 4.69) is 28.6 Å². The van der Waals surface area contributed by atoms with Crippen LogP contribution in [0.15, 0.2) is 6.33 Å². The molecule has 1 heterocycles. The average Bonchev–Trinajstić information content (AvgIpc) is 2.65. The summed E-state index contributed by atoms with van der Waals surface area (Å²) in [6, 6.07) is 0. The van der Waals surface area contributed by atoms with E-state index < -0.39 is 0 Å². The molecule has 0 aliphatic heterocycles. The Labute approximate surface area is 109 Å². The lowest BCUT2D eigenvalue weighted by molar-refractivity contribution is 0.345. The first kappa shape index (κ1) is 12.9. The smallest absolute Gasteiger partial charge is 0.138 e. The number of hydrogen-bond donors (Lipinski definition) is 0. The molecule has 4 heteroatoms. The number of rotatable bonds is 4. The molecule has 0 aromatic carbocycles. The molecule has 2 unspecified atom stereocenters. The van der Waals surface area contributed by atoms with Crippen molar-refractivity contribution in [1.82, 2.24) is 14.8 Å². The first-order valence-electron chi connectivity index (χ1n) is 6.66. The second kappa shape index (κ2) is 5.85. The van der Waals surface area contributed by atoms with Crippen LogP contribution < -0.4 is 0 Å². The molecule has 0 radical (unpaired) electrons. The third kappa shape index (κ3) is 3.70. The molecule has 1 aliphatic carbocycles. The molecule has 2 atom stereocenters. The van der Waals surface area contributed by atoms with Crippen LogP contribution in [-0.2, 0) is 13.0 Å². The zero-order chi connectivity index (χ0) is 12.3. The van der Waals surface area contributed by atoms with E-state index in [4.69, 9.17) is 11.6 Å². The number of halogens is 1. The molecule has 1 fully saturated rings. The van der Waals surface area contributed by atoms with E-state index in [0.29, 0.717) is 17.2 Å². The SMILES string of the molecule is CC(C)Cn1ncnc1CC1CCCC(Cl)C1. The lowest BCUT2D eigenvalue weighted by Crippen LogP contribution is -2.20. The van der Waals surface area contributed by atoms with Gasteiger partial charge < -0.3 is 0 Å². The number of nitrogens with zero attached hydrogens (tertiary/aromatic N) is 3. The molecule has 1 saturated carbocycles. The lowest BCUT2D eigenvalue weighted by Gasteiger charge is -2.25. The van der Waals surface area contributed by atoms with E-state index in [1.54, 1.807) is 6.33 Å². The minimum Gasteiger partial charge on any atom is -0.250 e. The van der Waals surface area contributed by atoms with Gasteiger partial charge in [0.1, 0.15) is 12.2 Å². The molecule has 1 aromatic heterocycles. The van der Waals surface area contributed by atoms with Crippen molar-refractivity contribution in [2.75, 3.05) is 0 Å². The normalized spacial score (nSPS) is 25.4. The number of hydrogen-bond acceptors (Lipinski definition) is 2. The quantitative estimate of drug-likeness (QED) is 0.773. The second-order valence-corrected chi connectivity index (χ2v) is 6.20. The van der Waals surface area contributed by atoms with Gasteiger partial charge in [-0.1, -0.05) is 20.3 Å². The van der Waals surface area contributed by atoms with Crippen molar-refractivity contribution in [2.24, 2.45) is 11.8 Å². The Balaban J connectivity index is 1.95. The van der Waals surface area contributed by atoms with Crippen LogP contribution in [0.1, 0.15) is 45.4 Å². The Morgan fingerprint density at radius 3 is 3.00 bits per heavy atom. The Morgan fingerprint density at radius 1 is 1.47 bits per heavy atom. The van der Waals surface area contributed by atoms with Crippen LogP contribution in [0.3, 0.4) is 0 Å². The molecule has 0 spiro atoms. The molecule has 0 N–H and O–H groups in total. The van der Waals surface area contributed by atoms with Crippen molar-refractivity contribution in [3.8, 4) is 0 Å². The molecule has 0 amide bonds. The highest BCUT2D eigenvalue weighted by molar-refractivity contribution is 6.20. The van der Waals surface area contributed by atoms with E-state index in [1.807, 2.05) is 0 Å². The molecule has 1 aliphatic rings. The molecule has 96 valence electrons. The van der Waals surface area contributed by atoms with E-state index >= 15 is 0 Å². The standard InChI is InChI=1S/C13H22ClN3/c1-10(2)8-17-13(15-9-16-17)7-11-4-3-5-12(14)6-11/h9-12H,3-8H2,1-2H3. The Hall–Kier alpha value is -0.570. The summed E-state index contributed by atoms with van der Waals surface area (Å²) in [4.78, 5) is 4.40. The van der Waals surface area contributed by atoms with Gasteiger partial charge in [0, 0.05) is 18.3 Å². The summed E-state index contributed by atoms with van der Waals surface area (Å²) in [5.41, 5.74) is 0. The van der Waals surface area contributed by atoms with Gasteiger partial charge in [-0.25, -0.2) is 9.67 Å². The predicted octanol–water partition coefficient (Wildman–Crippen LogP) is 3.27. The fourth-order valence-electron chi connectivity index (χ4n) is 2.61. The summed E-state index contributed by atoms with van der Waals surface area (Å²) in [5.74, 6) is 2.44. The predicted molar refractivity (Wildman–Crippen MR) is 70.2 cm³/mol. The van der Waals surface area contributed by atoms with Gasteiger partial charge in [-0.05, 0) is 31.1 Å². The van der Waals surface area contributed by atoms with Gasteiger partial charge >= 0.3 is 0 Å². The Kier molecular flexibility index (Phi) is 4.43. The van der Waals surface area contributed by atoms with Gasteiger partial charge in [0.15, 0.2) is 0 Å². The van der Waals surface area contributed by atoms with Crippen LogP contribution >= 0.6 is 11.6 Å². The van der Waals surface area contributed by atoms with Gasteiger partial charge in [-0.2, -0.15) is 5.10 Å². The minimum atomic E-state index is 0.371. The summed E-state index contributed by atoms with van der Waals surface area (Å²) in [5, 5.41) is 4.68. The maximum absolute atomic E-state index is 6.23. The largest absolute Gasteiger partial charge is 0.250 e. The van der Waals surface area contributed by atoms with Gasteiger partial charge in [0.25, 0.3) is 0 Å². The Morgan fingerprint density at radius 2 is 2.29 bits per heavy atom. The van der Waals surface area contributed by atoms with Crippen LogP contribution in [-0.4, -0.2) is 20.1 Å². The fraction of sp³-hybridized carbons (Fsp3) is 0.846. The highest BCUT2D eigenvalue weighted by atomic mass is 35.5. The molecule has 0 saturated heterocycles. The summed E-state index contributed by atoms with van der Waals surface area (Å²) in [6.45, 7) is 5.38. The minimum absolute atomic E-state index is 0.371. The van der Waals surface area contributed by atoms with Crippen molar-refractivity contribution >= 4 is 11.6 Å². The van der Waals surface area contributed by atoms with E-state index in [-0.39, 0.29) is 0 Å². The summed E-state index contributed by atoms with van der Waals surface area (Å²) in [6.07, 6.45) is 7.58. The highest BCUT2D eigenvalue weighted by Gasteiger charge is 2.22. The molecule has 17 heavy (non-hydrogen) atoms. The third-order valence-electron chi connectivity index (χ3n) is 3.42. The molecule has 2 rings (SSSR count). The van der Waals surface area contributed by atoms with Crippen molar-refractivity contribution in [2.45, 2.75) is 57.9 Å². The van der Waals surface area contributed by atoms with Crippen molar-refractivity contribution in [1.29, 1.82) is 0 Å². The van der Waals surface area contributed by atoms with E-state index in [9.17, 15) is 0 Å². The third-order valence-corrected chi connectivity index (χ3v) is 3.82. The fourth-order valence-corrected chi connectivity index (χ4v) is 3.02. The van der Waals surface area contributed by atoms with Crippen molar-refractivity contribution in [3.05, 3.63) is 12.2 Å². The summed E-state index contributed by atoms with van der Waals surface area (Å²) >= 11 is 6.23. The second-order valence-electron chi connectivity index (χ2n) is 5.59. The number of aromatic nitrogens is 3. The first-order chi connectivity index (χ1) is 8.15. The topological polar surface area (TPSA) is 30.7 Å². The first-order valence-corrected chi connectivity index (χ1v) is 7.09. The average molecular weight is 256 g/mol. The zero-order valence-corrected chi connectivity index (χ0v) is 11.5. The van der Waals surface area contributed by atoms with Crippen LogP contribution in [0.2, 0.25) is 0 Å². The van der Waals surface area contributed by atoms with Crippen LogP contribution in [0.4, 0.5) is 0 Å². The summed E-state index contributed by atoms with van der Waals surface area (Å²) in [7, 11) is 0. The van der Waals surface area contributed by atoms with E-state index in [0.717, 1.165) is 25.2 Å². The monoisotopic (exact) mass is 255 g/mol. The highest BCUT2D eigenvalue weighted by Crippen LogP contribution is 2.29. The molecular formula is C13H22ClN3. The molecule has 3 nitrogen and oxygen atoms in total. The van der Waals surface area contributed by atoms with Gasteiger partial charge in [-0.3, -0.25) is 0 Å². The summed E-state index contributed by atoms with van der Waals surface area (Å²) < 4.78 is 2.06. The van der Waals surface area contributed by atoms with Gasteiger partial charge in [0.05, 0.1) is 0 Å². The van der Waals surface area contributed by atoms with Crippen molar-refractivity contribution < 1.29 is 0 Å². The van der Waals surface area contributed by atoms with E-state index in [1.165, 1.54) is 19.3 Å². The molecular weight excluding hydrogens is 234 g/mol. The maximum Gasteiger partial charge on any atom is 0.138 e. The molecule has 0 bridgehead atoms. The Bertz CT molecular complexity index is 348. The zero-order valence-electron chi connectivity index (χ0n) is 10.8. The van der Waals surface area contributed by atoms with Crippen LogP contribution in [0.5, 0.6) is 0 Å². The lowest BCUT2D eigenvalue weighted by atomic mass is 9.86. The number of alkyl halides is 1.